The van der Waals surface area contributed by atoms with E-state index in [-0.39, 0.29) is 0 Å². The van der Waals surface area contributed by atoms with Crippen molar-refractivity contribution < 1.29 is 0 Å². The molecule has 4 heteroatoms. The first-order valence-electron chi connectivity index (χ1n) is 6.32. The summed E-state index contributed by atoms with van der Waals surface area (Å²) in [5, 5.41) is 3.66. The number of hydrogen-bond acceptors (Lipinski definition) is 4. The van der Waals surface area contributed by atoms with E-state index in [0.717, 1.165) is 5.92 Å². The molecule has 2 bridgehead atoms. The molecule has 0 spiro atoms. The summed E-state index contributed by atoms with van der Waals surface area (Å²) < 4.78 is 0. The number of fused-ring (bicyclic) bond motifs is 3. The summed E-state index contributed by atoms with van der Waals surface area (Å²) in [5.41, 5.74) is 1.37. The lowest BCUT2D eigenvalue weighted by Crippen LogP contribution is -2.56. The molecule has 1 saturated carbocycles. The highest BCUT2D eigenvalue weighted by atomic mass is 32.1. The molecule has 3 saturated heterocycles. The van der Waals surface area contributed by atoms with Crippen molar-refractivity contribution in [2.75, 3.05) is 32.7 Å². The average Bonchev–Trinajstić information content (AvgIpc) is 3.09. The Morgan fingerprint density at radius 1 is 1.19 bits per heavy atom. The molecule has 1 aromatic heterocycles. The Morgan fingerprint density at radius 3 is 2.62 bits per heavy atom. The molecule has 3 aliphatic heterocycles. The van der Waals surface area contributed by atoms with Gasteiger partial charge in [-0.05, 0) is 12.8 Å². The Bertz CT molecular complexity index is 391. The summed E-state index contributed by atoms with van der Waals surface area (Å²) in [4.78, 5) is 10.1. The van der Waals surface area contributed by atoms with Gasteiger partial charge in [-0.25, -0.2) is 4.98 Å². The van der Waals surface area contributed by atoms with Gasteiger partial charge in [-0.15, -0.1) is 11.3 Å². The van der Waals surface area contributed by atoms with Crippen molar-refractivity contribution in [2.24, 2.45) is 0 Å². The van der Waals surface area contributed by atoms with Crippen LogP contribution in [0.1, 0.15) is 35.5 Å². The van der Waals surface area contributed by atoms with Crippen molar-refractivity contribution in [3.05, 3.63) is 16.1 Å². The third-order valence-corrected chi connectivity index (χ3v) is 5.06. The van der Waals surface area contributed by atoms with Crippen LogP contribution in [-0.4, -0.2) is 47.5 Å². The first kappa shape index (κ1) is 9.57. The second kappa shape index (κ2) is 3.52. The summed E-state index contributed by atoms with van der Waals surface area (Å²) in [6.45, 7) is 6.21. The summed E-state index contributed by atoms with van der Waals surface area (Å²) in [7, 11) is 0. The third kappa shape index (κ3) is 1.51. The van der Waals surface area contributed by atoms with Crippen molar-refractivity contribution in [1.29, 1.82) is 0 Å². The normalized spacial score (nSPS) is 37.9. The summed E-state index contributed by atoms with van der Waals surface area (Å²) >= 11 is 1.88. The summed E-state index contributed by atoms with van der Waals surface area (Å²) in [5.74, 6) is 0.807. The van der Waals surface area contributed by atoms with Crippen molar-refractivity contribution in [3.8, 4) is 0 Å². The molecular formula is C12H17N3S. The van der Waals surface area contributed by atoms with Gasteiger partial charge in [0.05, 0.1) is 11.7 Å². The molecule has 3 nitrogen and oxygen atoms in total. The Kier molecular flexibility index (Phi) is 2.10. The lowest BCUT2D eigenvalue weighted by molar-refractivity contribution is 0.0122. The highest BCUT2D eigenvalue weighted by Crippen LogP contribution is 2.41. The molecule has 1 aliphatic carbocycles. The number of aromatic nitrogens is 1. The van der Waals surface area contributed by atoms with Gasteiger partial charge in [0.25, 0.3) is 0 Å². The van der Waals surface area contributed by atoms with E-state index >= 15 is 0 Å². The SMILES string of the molecule is c1sc(C2CN3CCN2CC3)nc1C1CC1. The number of thiazole rings is 1. The number of piperazine rings is 3. The zero-order valence-corrected chi connectivity index (χ0v) is 10.2. The molecule has 86 valence electrons. The monoisotopic (exact) mass is 235 g/mol. The minimum absolute atomic E-state index is 0.597. The van der Waals surface area contributed by atoms with Crippen LogP contribution in [0.2, 0.25) is 0 Å². The summed E-state index contributed by atoms with van der Waals surface area (Å²) in [6, 6.07) is 0.597. The Balaban J connectivity index is 1.59. The lowest BCUT2D eigenvalue weighted by atomic mass is 10.1. The van der Waals surface area contributed by atoms with Gasteiger partial charge in [0.2, 0.25) is 0 Å². The third-order valence-electron chi connectivity index (χ3n) is 4.10. The van der Waals surface area contributed by atoms with Crippen molar-refractivity contribution >= 4 is 11.3 Å². The number of rotatable bonds is 2. The van der Waals surface area contributed by atoms with Crippen LogP contribution in [0.3, 0.4) is 0 Å². The van der Waals surface area contributed by atoms with Gasteiger partial charge < -0.3 is 0 Å². The van der Waals surface area contributed by atoms with Crippen LogP contribution in [0, 0.1) is 0 Å². The number of nitrogens with zero attached hydrogens (tertiary/aromatic N) is 3. The van der Waals surface area contributed by atoms with E-state index in [2.05, 4.69) is 15.2 Å². The Hall–Kier alpha value is -0.450. The predicted molar refractivity (Wildman–Crippen MR) is 64.8 cm³/mol. The largest absolute Gasteiger partial charge is 0.299 e. The minimum Gasteiger partial charge on any atom is -0.299 e. The van der Waals surface area contributed by atoms with Crippen molar-refractivity contribution in [3.63, 3.8) is 0 Å². The maximum absolute atomic E-state index is 4.86. The molecule has 16 heavy (non-hydrogen) atoms. The van der Waals surface area contributed by atoms with Crippen LogP contribution in [0.5, 0.6) is 0 Å². The molecule has 1 aromatic rings. The van der Waals surface area contributed by atoms with Gasteiger partial charge in [-0.2, -0.15) is 0 Å². The van der Waals surface area contributed by atoms with Crippen LogP contribution < -0.4 is 0 Å². The van der Waals surface area contributed by atoms with E-state index in [0.29, 0.717) is 6.04 Å². The van der Waals surface area contributed by atoms with Crippen molar-refractivity contribution in [1.82, 2.24) is 14.8 Å². The van der Waals surface area contributed by atoms with Crippen LogP contribution in [-0.2, 0) is 0 Å². The van der Waals surface area contributed by atoms with Crippen LogP contribution in [0.4, 0.5) is 0 Å². The molecule has 4 fully saturated rings. The molecule has 4 heterocycles. The van der Waals surface area contributed by atoms with Gasteiger partial charge in [-0.3, -0.25) is 9.80 Å². The van der Waals surface area contributed by atoms with E-state index in [1.807, 2.05) is 11.3 Å². The highest BCUT2D eigenvalue weighted by molar-refractivity contribution is 7.09. The van der Waals surface area contributed by atoms with Gasteiger partial charge in [0, 0.05) is 44.0 Å². The smallest absolute Gasteiger partial charge is 0.111 e. The summed E-state index contributed by atoms with van der Waals surface area (Å²) in [6.07, 6.45) is 2.73. The maximum Gasteiger partial charge on any atom is 0.111 e. The molecule has 0 N–H and O–H groups in total. The van der Waals surface area contributed by atoms with E-state index < -0.39 is 0 Å². The second-order valence-corrected chi connectivity index (χ2v) is 6.13. The minimum atomic E-state index is 0.597. The molecule has 0 radical (unpaired) electrons. The second-order valence-electron chi connectivity index (χ2n) is 5.24. The first-order chi connectivity index (χ1) is 7.90. The Morgan fingerprint density at radius 2 is 2.00 bits per heavy atom. The zero-order chi connectivity index (χ0) is 10.5. The topological polar surface area (TPSA) is 19.4 Å². The predicted octanol–water partition coefficient (Wildman–Crippen LogP) is 1.69. The lowest BCUT2D eigenvalue weighted by Gasteiger charge is -2.46. The van der Waals surface area contributed by atoms with E-state index in [9.17, 15) is 0 Å². The van der Waals surface area contributed by atoms with Gasteiger partial charge in [0.1, 0.15) is 5.01 Å². The van der Waals surface area contributed by atoms with E-state index in [1.54, 1.807) is 0 Å². The van der Waals surface area contributed by atoms with Gasteiger partial charge in [-0.1, -0.05) is 0 Å². The molecule has 0 aromatic carbocycles. The quantitative estimate of drug-likeness (QED) is 0.777. The molecule has 4 aliphatic rings. The maximum atomic E-state index is 4.86. The standard InChI is InChI=1S/C12H17N3S/c1-2-9(1)10-8-16-12(13-10)11-7-14-3-5-15(11)6-4-14/h8-9,11H,1-7H2. The molecule has 5 rings (SSSR count). The fourth-order valence-electron chi connectivity index (χ4n) is 2.87. The van der Waals surface area contributed by atoms with E-state index in [4.69, 9.17) is 4.98 Å². The molecular weight excluding hydrogens is 218 g/mol. The van der Waals surface area contributed by atoms with Gasteiger partial charge in [0.15, 0.2) is 0 Å². The van der Waals surface area contributed by atoms with Gasteiger partial charge >= 0.3 is 0 Å². The number of hydrogen-bond donors (Lipinski definition) is 0. The van der Waals surface area contributed by atoms with E-state index in [1.165, 1.54) is 56.3 Å². The first-order valence-corrected chi connectivity index (χ1v) is 7.20. The van der Waals surface area contributed by atoms with Crippen molar-refractivity contribution in [2.45, 2.75) is 24.8 Å². The van der Waals surface area contributed by atoms with Crippen LogP contribution in [0.15, 0.2) is 5.38 Å². The molecule has 1 atom stereocenters. The Labute approximate surface area is 100 Å². The zero-order valence-electron chi connectivity index (χ0n) is 9.43. The highest BCUT2D eigenvalue weighted by Gasteiger charge is 2.35. The van der Waals surface area contributed by atoms with Crippen LogP contribution >= 0.6 is 11.3 Å². The average molecular weight is 235 g/mol. The molecule has 0 amide bonds. The fraction of sp³-hybridized carbons (Fsp3) is 0.750. The molecule has 1 unspecified atom stereocenters. The van der Waals surface area contributed by atoms with Crippen LogP contribution in [0.25, 0.3) is 0 Å². The fourth-order valence-corrected chi connectivity index (χ4v) is 3.90.